The maximum absolute atomic E-state index is 13.4. The zero-order chi connectivity index (χ0) is 20.3. The van der Waals surface area contributed by atoms with Crippen molar-refractivity contribution in [3.05, 3.63) is 18.2 Å². The van der Waals surface area contributed by atoms with Gasteiger partial charge in [0.2, 0.25) is 5.92 Å². The molecule has 1 unspecified atom stereocenters. The second-order valence-electron chi connectivity index (χ2n) is 6.60. The first kappa shape index (κ1) is 21.3. The van der Waals surface area contributed by atoms with Crippen molar-refractivity contribution in [2.45, 2.75) is 56.7 Å². The summed E-state index contributed by atoms with van der Waals surface area (Å²) in [5.41, 5.74) is -2.58. The molecule has 1 saturated carbocycles. The van der Waals surface area contributed by atoms with E-state index in [0.717, 1.165) is 0 Å². The van der Waals surface area contributed by atoms with Crippen molar-refractivity contribution in [3.8, 4) is 0 Å². The van der Waals surface area contributed by atoms with Crippen LogP contribution >= 0.6 is 0 Å². The van der Waals surface area contributed by atoms with Crippen LogP contribution in [0.3, 0.4) is 0 Å². The quantitative estimate of drug-likeness (QED) is 0.667. The highest BCUT2D eigenvalue weighted by Crippen LogP contribution is 2.46. The molecule has 2 rings (SSSR count). The fourth-order valence-electron chi connectivity index (χ4n) is 3.12. The Morgan fingerprint density at radius 3 is 2.52 bits per heavy atom. The van der Waals surface area contributed by atoms with Gasteiger partial charge in [0.25, 0.3) is 0 Å². The number of rotatable bonds is 5. The second kappa shape index (κ2) is 7.91. The van der Waals surface area contributed by atoms with E-state index in [1.165, 1.54) is 12.5 Å². The van der Waals surface area contributed by atoms with Gasteiger partial charge in [0.15, 0.2) is 5.60 Å². The number of aromatic nitrogens is 2. The third-order valence-electron chi connectivity index (χ3n) is 4.78. The summed E-state index contributed by atoms with van der Waals surface area (Å²) < 4.78 is 66.8. The predicted octanol–water partition coefficient (Wildman–Crippen LogP) is 3.28. The lowest BCUT2D eigenvalue weighted by atomic mass is 9.75. The number of nitrogens with zero attached hydrogens (tertiary/aromatic N) is 2. The third kappa shape index (κ3) is 5.02. The van der Waals surface area contributed by atoms with Crippen LogP contribution in [0.5, 0.6) is 0 Å². The molecule has 1 aliphatic carbocycles. The molecular weight excluding hydrogens is 375 g/mol. The zero-order valence-electron chi connectivity index (χ0n) is 14.6. The SMILES string of the molecule is CCc1ncncc1NC(=O)NCC(O)(C1CCC(F)(F)CC1)C(F)(F)F. The summed E-state index contributed by atoms with van der Waals surface area (Å²) >= 11 is 0. The van der Waals surface area contributed by atoms with Crippen molar-refractivity contribution in [3.63, 3.8) is 0 Å². The molecule has 1 fully saturated rings. The summed E-state index contributed by atoms with van der Waals surface area (Å²) in [5, 5.41) is 14.5. The van der Waals surface area contributed by atoms with E-state index >= 15 is 0 Å². The number of carbonyl (C=O) groups excluding carboxylic acids is 1. The Labute approximate surface area is 152 Å². The number of nitrogens with one attached hydrogen (secondary N) is 2. The van der Waals surface area contributed by atoms with Crippen molar-refractivity contribution >= 4 is 11.7 Å². The van der Waals surface area contributed by atoms with Gasteiger partial charge < -0.3 is 15.7 Å². The Kier molecular flexibility index (Phi) is 6.23. The molecule has 0 bridgehead atoms. The Hall–Kier alpha value is -2.04. The molecule has 0 aliphatic heterocycles. The van der Waals surface area contributed by atoms with Gasteiger partial charge in [-0.25, -0.2) is 23.5 Å². The van der Waals surface area contributed by atoms with Crippen LogP contribution in [-0.4, -0.2) is 45.4 Å². The van der Waals surface area contributed by atoms with Crippen LogP contribution < -0.4 is 10.6 Å². The predicted molar refractivity (Wildman–Crippen MR) is 86.3 cm³/mol. The Morgan fingerprint density at radius 1 is 1.33 bits per heavy atom. The van der Waals surface area contributed by atoms with Gasteiger partial charge in [-0.2, -0.15) is 13.2 Å². The number of aliphatic hydroxyl groups is 1. The Morgan fingerprint density at radius 2 is 1.96 bits per heavy atom. The van der Waals surface area contributed by atoms with Crippen LogP contribution in [0.4, 0.5) is 32.4 Å². The topological polar surface area (TPSA) is 87.1 Å². The Balaban J connectivity index is 2.05. The second-order valence-corrected chi connectivity index (χ2v) is 6.60. The van der Waals surface area contributed by atoms with Crippen LogP contribution in [0.1, 0.15) is 38.3 Å². The number of amides is 2. The van der Waals surface area contributed by atoms with E-state index in [2.05, 4.69) is 15.3 Å². The lowest BCUT2D eigenvalue weighted by Crippen LogP contribution is -2.59. The van der Waals surface area contributed by atoms with Gasteiger partial charge in [0.1, 0.15) is 6.33 Å². The summed E-state index contributed by atoms with van der Waals surface area (Å²) in [5.74, 6) is -4.46. The monoisotopic (exact) mass is 396 g/mol. The van der Waals surface area contributed by atoms with E-state index in [1.807, 2.05) is 5.32 Å². The summed E-state index contributed by atoms with van der Waals surface area (Å²) in [6.07, 6.45) is -4.50. The minimum atomic E-state index is -5.08. The van der Waals surface area contributed by atoms with E-state index in [4.69, 9.17) is 0 Å². The number of halogens is 5. The molecule has 0 radical (unpaired) electrons. The fraction of sp³-hybridized carbons (Fsp3) is 0.688. The minimum absolute atomic E-state index is 0.227. The number of urea groups is 1. The molecule has 0 saturated heterocycles. The molecule has 1 heterocycles. The fourth-order valence-corrected chi connectivity index (χ4v) is 3.12. The van der Waals surface area contributed by atoms with Gasteiger partial charge in [0.05, 0.1) is 24.1 Å². The molecule has 11 heteroatoms. The lowest BCUT2D eigenvalue weighted by Gasteiger charge is -2.41. The summed E-state index contributed by atoms with van der Waals surface area (Å²) in [7, 11) is 0. The first-order valence-electron chi connectivity index (χ1n) is 8.49. The molecule has 6 nitrogen and oxygen atoms in total. The molecule has 1 atom stereocenters. The molecule has 1 aliphatic rings. The number of aryl methyl sites for hydroxylation is 1. The normalized spacial score (nSPS) is 20.0. The van der Waals surface area contributed by atoms with Crippen LogP contribution in [-0.2, 0) is 6.42 Å². The zero-order valence-corrected chi connectivity index (χ0v) is 14.6. The standard InChI is InChI=1S/C16H21F5N4O2/c1-2-11-12(7-22-9-24-11)25-13(26)23-8-15(27,16(19,20)21)10-3-5-14(17,18)6-4-10/h7,9-10,27H,2-6,8H2,1H3,(H2,23,25,26). The summed E-state index contributed by atoms with van der Waals surface area (Å²) in [4.78, 5) is 19.6. The molecule has 27 heavy (non-hydrogen) atoms. The molecule has 152 valence electrons. The smallest absolute Gasteiger partial charge is 0.379 e. The molecule has 3 N–H and O–H groups in total. The van der Waals surface area contributed by atoms with Crippen molar-refractivity contribution in [2.24, 2.45) is 5.92 Å². The largest absolute Gasteiger partial charge is 0.419 e. The number of carbonyl (C=O) groups is 1. The molecule has 0 spiro atoms. The average molecular weight is 396 g/mol. The first-order valence-corrected chi connectivity index (χ1v) is 8.49. The van der Waals surface area contributed by atoms with Crippen molar-refractivity contribution in [1.29, 1.82) is 0 Å². The van der Waals surface area contributed by atoms with E-state index in [0.29, 0.717) is 12.1 Å². The summed E-state index contributed by atoms with van der Waals surface area (Å²) in [6.45, 7) is 0.625. The van der Waals surface area contributed by atoms with Crippen LogP contribution in [0.2, 0.25) is 0 Å². The highest BCUT2D eigenvalue weighted by molar-refractivity contribution is 5.89. The van der Waals surface area contributed by atoms with Gasteiger partial charge in [-0.1, -0.05) is 6.92 Å². The highest BCUT2D eigenvalue weighted by Gasteiger charge is 2.59. The van der Waals surface area contributed by atoms with E-state index in [1.54, 1.807) is 6.92 Å². The van der Waals surface area contributed by atoms with E-state index < -0.39 is 61.9 Å². The number of alkyl halides is 5. The molecule has 1 aromatic heterocycles. The van der Waals surface area contributed by atoms with Gasteiger partial charge in [-0.15, -0.1) is 0 Å². The maximum atomic E-state index is 13.4. The summed E-state index contributed by atoms with van der Waals surface area (Å²) in [6, 6.07) is -0.983. The van der Waals surface area contributed by atoms with Gasteiger partial charge in [-0.05, 0) is 25.2 Å². The van der Waals surface area contributed by atoms with Crippen molar-refractivity contribution in [2.75, 3.05) is 11.9 Å². The van der Waals surface area contributed by atoms with Crippen molar-refractivity contribution in [1.82, 2.24) is 15.3 Å². The van der Waals surface area contributed by atoms with Crippen LogP contribution in [0.25, 0.3) is 0 Å². The van der Waals surface area contributed by atoms with Crippen LogP contribution in [0.15, 0.2) is 12.5 Å². The van der Waals surface area contributed by atoms with Crippen LogP contribution in [0, 0.1) is 5.92 Å². The van der Waals surface area contributed by atoms with E-state index in [-0.39, 0.29) is 5.69 Å². The average Bonchev–Trinajstić information content (AvgIpc) is 2.59. The third-order valence-corrected chi connectivity index (χ3v) is 4.78. The number of anilines is 1. The lowest BCUT2D eigenvalue weighted by molar-refractivity contribution is -0.283. The van der Waals surface area contributed by atoms with Gasteiger partial charge in [-0.3, -0.25) is 0 Å². The minimum Gasteiger partial charge on any atom is -0.379 e. The Bertz CT molecular complexity index is 660. The molecule has 2 amide bonds. The number of hydrogen-bond donors (Lipinski definition) is 3. The molecular formula is C16H21F5N4O2. The molecule has 0 aromatic carbocycles. The van der Waals surface area contributed by atoms with E-state index in [9.17, 15) is 31.9 Å². The van der Waals surface area contributed by atoms with Gasteiger partial charge >= 0.3 is 12.2 Å². The number of hydrogen-bond acceptors (Lipinski definition) is 4. The molecule has 1 aromatic rings. The van der Waals surface area contributed by atoms with Crippen molar-refractivity contribution < 1.29 is 31.9 Å². The van der Waals surface area contributed by atoms with Gasteiger partial charge in [0, 0.05) is 12.8 Å². The maximum Gasteiger partial charge on any atom is 0.419 e. The first-order chi connectivity index (χ1) is 12.5. The highest BCUT2D eigenvalue weighted by atomic mass is 19.4.